The Labute approximate surface area is 254 Å². The highest BCUT2D eigenvalue weighted by atomic mass is 16.6. The van der Waals surface area contributed by atoms with Crippen molar-refractivity contribution in [3.63, 3.8) is 0 Å². The second kappa shape index (κ2) is 13.5. The molecule has 2 aromatic heterocycles. The first-order chi connectivity index (χ1) is 21.6. The molecule has 0 radical (unpaired) electrons. The third-order valence-electron chi connectivity index (χ3n) is 7.13. The molecule has 4 aromatic carbocycles. The number of carbonyl (C=O) groups is 1. The second-order valence-corrected chi connectivity index (χ2v) is 10.1. The Morgan fingerprint density at radius 2 is 1.14 bits per heavy atom. The number of oxime groups is 1. The van der Waals surface area contributed by atoms with E-state index in [1.807, 2.05) is 121 Å². The van der Waals surface area contributed by atoms with Gasteiger partial charge >= 0.3 is 5.97 Å². The molecule has 0 atom stereocenters. The molecule has 44 heavy (non-hydrogen) atoms. The fourth-order valence-electron chi connectivity index (χ4n) is 4.87. The molecule has 8 heteroatoms. The molecule has 2 heterocycles. The van der Waals surface area contributed by atoms with Crippen molar-refractivity contribution in [2.75, 3.05) is 6.61 Å². The number of fused-ring (bicyclic) bond motifs is 2. The minimum Gasteiger partial charge on any atom is -0.487 e. The molecule has 0 unspecified atom stereocenters. The molecule has 0 bridgehead atoms. The number of aliphatic carboxylic acids is 1. The maximum atomic E-state index is 10.8. The van der Waals surface area contributed by atoms with Crippen LogP contribution in [0.4, 0.5) is 0 Å². The molecular formula is C36H29N3O5. The largest absolute Gasteiger partial charge is 0.487 e. The van der Waals surface area contributed by atoms with Crippen molar-refractivity contribution in [2.24, 2.45) is 5.16 Å². The van der Waals surface area contributed by atoms with Gasteiger partial charge in [0.2, 0.25) is 0 Å². The number of hydrogen-bond donors (Lipinski definition) is 1. The van der Waals surface area contributed by atoms with Crippen LogP contribution in [-0.4, -0.2) is 33.9 Å². The summed E-state index contributed by atoms with van der Waals surface area (Å²) in [5.74, 6) is 0.0244. The lowest BCUT2D eigenvalue weighted by molar-refractivity contribution is -0.129. The number of pyridine rings is 2. The van der Waals surface area contributed by atoms with Gasteiger partial charge in [-0.2, -0.15) is 0 Å². The predicted octanol–water partition coefficient (Wildman–Crippen LogP) is 7.16. The van der Waals surface area contributed by atoms with E-state index in [4.69, 9.17) is 19.4 Å². The number of rotatable bonds is 12. The van der Waals surface area contributed by atoms with Crippen molar-refractivity contribution in [1.29, 1.82) is 0 Å². The van der Waals surface area contributed by atoms with Crippen molar-refractivity contribution >= 4 is 34.0 Å². The monoisotopic (exact) mass is 583 g/mol. The lowest BCUT2D eigenvalue weighted by Gasteiger charge is -2.18. The quantitative estimate of drug-likeness (QED) is 0.120. The van der Waals surface area contributed by atoms with Gasteiger partial charge in [-0.25, -0.2) is 14.8 Å². The molecule has 0 saturated carbocycles. The molecule has 0 saturated heterocycles. The second-order valence-electron chi connectivity index (χ2n) is 10.1. The molecule has 0 aliphatic rings. The van der Waals surface area contributed by atoms with Crippen LogP contribution in [0.5, 0.6) is 11.5 Å². The molecular weight excluding hydrogens is 554 g/mol. The highest BCUT2D eigenvalue weighted by Crippen LogP contribution is 2.29. The summed E-state index contributed by atoms with van der Waals surface area (Å²) < 4.78 is 12.0. The Morgan fingerprint density at radius 3 is 1.61 bits per heavy atom. The first kappa shape index (κ1) is 28.4. The molecule has 218 valence electrons. The van der Waals surface area contributed by atoms with Crippen LogP contribution >= 0.6 is 0 Å². The summed E-state index contributed by atoms with van der Waals surface area (Å²) in [6.45, 7) is 0.833. The maximum absolute atomic E-state index is 10.8. The third-order valence-corrected chi connectivity index (χ3v) is 7.13. The van der Waals surface area contributed by atoms with Gasteiger partial charge in [-0.1, -0.05) is 78.0 Å². The number of para-hydroxylation sites is 2. The van der Waals surface area contributed by atoms with Gasteiger partial charge in [0.15, 0.2) is 6.21 Å². The zero-order valence-electron chi connectivity index (χ0n) is 23.7. The zero-order chi connectivity index (χ0) is 30.1. The SMILES string of the molecule is O=C(O)C=NOCC(c1ccc(OCc2ccc3ccccc3n2)cc1)c1ccc(OCc2ccc3ccccc3n2)cc1. The van der Waals surface area contributed by atoms with Gasteiger partial charge in [0, 0.05) is 16.7 Å². The Hall–Kier alpha value is -5.76. The summed E-state index contributed by atoms with van der Waals surface area (Å²) >= 11 is 0. The Balaban J connectivity index is 1.13. The predicted molar refractivity (Wildman–Crippen MR) is 169 cm³/mol. The van der Waals surface area contributed by atoms with Crippen LogP contribution in [0.3, 0.4) is 0 Å². The minimum atomic E-state index is -1.17. The maximum Gasteiger partial charge on any atom is 0.350 e. The first-order valence-corrected chi connectivity index (χ1v) is 14.1. The van der Waals surface area contributed by atoms with Crippen LogP contribution < -0.4 is 9.47 Å². The number of benzene rings is 4. The van der Waals surface area contributed by atoms with Crippen molar-refractivity contribution < 1.29 is 24.2 Å². The molecule has 0 amide bonds. The van der Waals surface area contributed by atoms with E-state index in [2.05, 4.69) is 15.1 Å². The highest BCUT2D eigenvalue weighted by molar-refractivity contribution is 6.21. The summed E-state index contributed by atoms with van der Waals surface area (Å²) in [4.78, 5) is 25.6. The molecule has 1 N–H and O–H groups in total. The number of nitrogens with zero attached hydrogens (tertiary/aromatic N) is 3. The van der Waals surface area contributed by atoms with E-state index in [1.165, 1.54) is 0 Å². The van der Waals surface area contributed by atoms with Crippen LogP contribution in [0.2, 0.25) is 0 Å². The van der Waals surface area contributed by atoms with Gasteiger partial charge in [0.25, 0.3) is 0 Å². The third kappa shape index (κ3) is 7.17. The summed E-state index contributed by atoms with van der Waals surface area (Å²) in [6.07, 6.45) is 0.729. The summed E-state index contributed by atoms with van der Waals surface area (Å²) in [5.41, 5.74) is 5.46. The van der Waals surface area contributed by atoms with Crippen molar-refractivity contribution in [1.82, 2.24) is 9.97 Å². The average molecular weight is 584 g/mol. The number of hydrogen-bond acceptors (Lipinski definition) is 7. The molecule has 6 rings (SSSR count). The summed E-state index contributed by atoms with van der Waals surface area (Å²) in [6, 6.07) is 39.4. The summed E-state index contributed by atoms with van der Waals surface area (Å²) in [7, 11) is 0. The Kier molecular flexibility index (Phi) is 8.69. The smallest absolute Gasteiger partial charge is 0.350 e. The molecule has 6 aromatic rings. The average Bonchev–Trinajstić information content (AvgIpc) is 3.07. The van der Waals surface area contributed by atoms with Crippen LogP contribution in [0.25, 0.3) is 21.8 Å². The highest BCUT2D eigenvalue weighted by Gasteiger charge is 2.16. The van der Waals surface area contributed by atoms with E-state index in [0.717, 1.165) is 50.5 Å². The summed E-state index contributed by atoms with van der Waals surface area (Å²) in [5, 5.41) is 14.6. The van der Waals surface area contributed by atoms with Crippen molar-refractivity contribution in [3.8, 4) is 11.5 Å². The van der Waals surface area contributed by atoms with E-state index in [-0.39, 0.29) is 12.5 Å². The molecule has 0 spiro atoms. The van der Waals surface area contributed by atoms with Gasteiger partial charge in [0.05, 0.1) is 22.4 Å². The zero-order valence-corrected chi connectivity index (χ0v) is 23.7. The van der Waals surface area contributed by atoms with E-state index in [1.54, 1.807) is 0 Å². The van der Waals surface area contributed by atoms with Crippen molar-refractivity contribution in [3.05, 3.63) is 144 Å². The molecule has 0 fully saturated rings. The molecule has 8 nitrogen and oxygen atoms in total. The first-order valence-electron chi connectivity index (χ1n) is 14.1. The Morgan fingerprint density at radius 1 is 0.659 bits per heavy atom. The van der Waals surface area contributed by atoms with Crippen LogP contribution in [0.15, 0.2) is 126 Å². The van der Waals surface area contributed by atoms with Gasteiger partial charge in [-0.05, 0) is 59.7 Å². The Bertz CT molecular complexity index is 1780. The van der Waals surface area contributed by atoms with E-state index < -0.39 is 5.97 Å². The van der Waals surface area contributed by atoms with Gasteiger partial charge in [-0.15, -0.1) is 0 Å². The van der Waals surface area contributed by atoms with Crippen LogP contribution in [0.1, 0.15) is 28.4 Å². The number of carboxylic acids is 1. The number of ether oxygens (including phenoxy) is 2. The number of carboxylic acid groups (broad SMARTS) is 1. The standard InChI is InChI=1S/C36H29N3O5/c40-36(41)21-37-44-24-33(25-11-17-31(18-12-25)42-22-29-15-9-27-5-1-3-7-34(27)38-29)26-13-19-32(20-14-26)43-23-30-16-10-28-6-2-4-8-35(28)39-30/h1-21,33H,22-24H2,(H,40,41). The molecule has 0 aliphatic carbocycles. The fourth-order valence-corrected chi connectivity index (χ4v) is 4.87. The van der Waals surface area contributed by atoms with Crippen LogP contribution in [0, 0.1) is 0 Å². The lowest BCUT2D eigenvalue weighted by Crippen LogP contribution is -2.09. The fraction of sp³-hybridized carbons (Fsp3) is 0.111. The van der Waals surface area contributed by atoms with E-state index >= 15 is 0 Å². The normalized spacial score (nSPS) is 11.3. The molecule has 0 aliphatic heterocycles. The lowest BCUT2D eigenvalue weighted by atomic mass is 9.92. The van der Waals surface area contributed by atoms with Gasteiger partial charge in [0.1, 0.15) is 31.3 Å². The van der Waals surface area contributed by atoms with Crippen molar-refractivity contribution in [2.45, 2.75) is 19.1 Å². The minimum absolute atomic E-state index is 0.145. The topological polar surface area (TPSA) is 103 Å². The van der Waals surface area contributed by atoms with E-state index in [0.29, 0.717) is 24.7 Å². The van der Waals surface area contributed by atoms with E-state index in [9.17, 15) is 4.79 Å². The van der Waals surface area contributed by atoms with Gasteiger partial charge < -0.3 is 19.4 Å². The van der Waals surface area contributed by atoms with Crippen LogP contribution in [-0.2, 0) is 22.8 Å². The number of aromatic nitrogens is 2. The van der Waals surface area contributed by atoms with Gasteiger partial charge in [-0.3, -0.25) is 0 Å².